The van der Waals surface area contributed by atoms with Gasteiger partial charge in [-0.25, -0.2) is 4.79 Å². The van der Waals surface area contributed by atoms with E-state index in [2.05, 4.69) is 10.3 Å². The summed E-state index contributed by atoms with van der Waals surface area (Å²) in [4.78, 5) is 40.9. The maximum absolute atomic E-state index is 13.0. The fourth-order valence-corrected chi connectivity index (χ4v) is 3.87. The zero-order chi connectivity index (χ0) is 23.9. The number of hydrogen-bond donors (Lipinski definition) is 2. The Labute approximate surface area is 197 Å². The summed E-state index contributed by atoms with van der Waals surface area (Å²) in [5, 5.41) is 3.58. The molecule has 4 rings (SSSR count). The van der Waals surface area contributed by atoms with E-state index in [0.717, 1.165) is 17.4 Å². The maximum atomic E-state index is 13.0. The Balaban J connectivity index is 1.52. The third kappa shape index (κ3) is 6.09. The van der Waals surface area contributed by atoms with Crippen molar-refractivity contribution in [3.05, 3.63) is 81.6 Å². The Kier molecular flexibility index (Phi) is 7.72. The van der Waals surface area contributed by atoms with E-state index < -0.39 is 24.2 Å². The number of aromatic nitrogens is 1. The Hall–Kier alpha value is -3.49. The lowest BCUT2D eigenvalue weighted by Crippen LogP contribution is -2.44. The molecule has 34 heavy (non-hydrogen) atoms. The number of fused-ring (bicyclic) bond motifs is 1. The van der Waals surface area contributed by atoms with Crippen molar-refractivity contribution in [1.82, 2.24) is 10.3 Å². The summed E-state index contributed by atoms with van der Waals surface area (Å²) in [6.07, 6.45) is 0.946. The molecule has 1 saturated heterocycles. The van der Waals surface area contributed by atoms with Crippen LogP contribution in [-0.4, -0.2) is 49.0 Å². The van der Waals surface area contributed by atoms with Gasteiger partial charge in [0, 0.05) is 35.4 Å². The van der Waals surface area contributed by atoms with Gasteiger partial charge < -0.3 is 24.5 Å². The number of hydrogen-bond acceptors (Lipinski definition) is 6. The van der Waals surface area contributed by atoms with Gasteiger partial charge in [0.2, 0.25) is 5.56 Å². The molecule has 3 aromatic rings. The van der Waals surface area contributed by atoms with E-state index in [1.165, 1.54) is 6.07 Å². The van der Waals surface area contributed by atoms with Gasteiger partial charge in [-0.3, -0.25) is 9.59 Å². The second-order valence-electron chi connectivity index (χ2n) is 8.28. The summed E-state index contributed by atoms with van der Waals surface area (Å²) in [5.41, 5.74) is 2.48. The van der Waals surface area contributed by atoms with E-state index in [1.54, 1.807) is 18.2 Å². The van der Waals surface area contributed by atoms with Crippen molar-refractivity contribution >= 4 is 22.8 Å². The summed E-state index contributed by atoms with van der Waals surface area (Å²) in [6.45, 7) is 3.25. The fourth-order valence-electron chi connectivity index (χ4n) is 3.87. The van der Waals surface area contributed by atoms with Crippen LogP contribution in [0.5, 0.6) is 0 Å². The van der Waals surface area contributed by atoms with Crippen molar-refractivity contribution < 1.29 is 23.8 Å². The van der Waals surface area contributed by atoms with Crippen LogP contribution in [0.25, 0.3) is 10.9 Å². The number of H-pyrrole nitrogens is 1. The van der Waals surface area contributed by atoms with Gasteiger partial charge in [-0.2, -0.15) is 0 Å². The number of nitrogens with one attached hydrogen (secondary N) is 2. The van der Waals surface area contributed by atoms with Crippen molar-refractivity contribution in [2.24, 2.45) is 0 Å². The summed E-state index contributed by atoms with van der Waals surface area (Å²) >= 11 is 0. The first-order valence-electron chi connectivity index (χ1n) is 11.4. The number of pyridine rings is 1. The number of benzene rings is 2. The molecule has 0 radical (unpaired) electrons. The van der Waals surface area contributed by atoms with Gasteiger partial charge in [-0.15, -0.1) is 0 Å². The van der Waals surface area contributed by atoms with Gasteiger partial charge in [-0.1, -0.05) is 35.9 Å². The molecule has 0 bridgehead atoms. The number of esters is 1. The molecule has 8 heteroatoms. The molecule has 1 fully saturated rings. The number of para-hydroxylation sites is 1. The Morgan fingerprint density at radius 3 is 2.62 bits per heavy atom. The topological polar surface area (TPSA) is 107 Å². The summed E-state index contributed by atoms with van der Waals surface area (Å²) in [6, 6.07) is 14.9. The quantitative estimate of drug-likeness (QED) is 0.497. The van der Waals surface area contributed by atoms with Gasteiger partial charge in [0.15, 0.2) is 6.29 Å². The normalized spacial score (nSPS) is 15.1. The van der Waals surface area contributed by atoms with Crippen LogP contribution in [0.4, 0.5) is 0 Å². The van der Waals surface area contributed by atoms with Gasteiger partial charge in [0.05, 0.1) is 19.8 Å². The van der Waals surface area contributed by atoms with Gasteiger partial charge in [0.1, 0.15) is 6.04 Å². The van der Waals surface area contributed by atoms with Crippen LogP contribution < -0.4 is 10.9 Å². The monoisotopic (exact) mass is 464 g/mol. The van der Waals surface area contributed by atoms with E-state index in [9.17, 15) is 14.4 Å². The molecule has 1 amide bonds. The van der Waals surface area contributed by atoms with Crippen LogP contribution in [0.15, 0.2) is 59.4 Å². The summed E-state index contributed by atoms with van der Waals surface area (Å²) in [5.74, 6) is -0.976. The first-order valence-corrected chi connectivity index (χ1v) is 11.4. The molecule has 1 aliphatic heterocycles. The van der Waals surface area contributed by atoms with Crippen molar-refractivity contribution in [1.29, 1.82) is 0 Å². The minimum Gasteiger partial charge on any atom is -0.464 e. The zero-order valence-electron chi connectivity index (χ0n) is 19.0. The first-order chi connectivity index (χ1) is 16.5. The summed E-state index contributed by atoms with van der Waals surface area (Å²) < 4.78 is 16.5. The molecule has 0 spiro atoms. The second-order valence-corrected chi connectivity index (χ2v) is 8.28. The van der Waals surface area contributed by atoms with E-state index >= 15 is 0 Å². The van der Waals surface area contributed by atoms with Crippen molar-refractivity contribution in [2.45, 2.75) is 38.5 Å². The Morgan fingerprint density at radius 1 is 1.12 bits per heavy atom. The lowest BCUT2D eigenvalue weighted by atomic mass is 10.0. The highest BCUT2D eigenvalue weighted by Gasteiger charge is 2.25. The number of aromatic amines is 1. The molecule has 0 saturated carbocycles. The highest BCUT2D eigenvalue weighted by Crippen LogP contribution is 2.17. The first kappa shape index (κ1) is 23.7. The number of aryl methyl sites for hydroxylation is 1. The molecule has 1 aliphatic rings. The number of carbonyl (C=O) groups is 2. The average Bonchev–Trinajstić information content (AvgIpc) is 2.84. The number of carbonyl (C=O) groups excluding carboxylic acids is 2. The molecular formula is C26H28N2O6. The van der Waals surface area contributed by atoms with Gasteiger partial charge >= 0.3 is 5.97 Å². The van der Waals surface area contributed by atoms with E-state index in [-0.39, 0.29) is 18.6 Å². The largest absolute Gasteiger partial charge is 0.464 e. The molecule has 1 atom stereocenters. The van der Waals surface area contributed by atoms with Crippen LogP contribution in [-0.2, 0) is 25.4 Å². The number of rotatable bonds is 8. The molecule has 0 aliphatic carbocycles. The fraction of sp³-hybridized carbons (Fsp3) is 0.346. The molecule has 178 valence electrons. The molecule has 1 unspecified atom stereocenters. The molecular weight excluding hydrogens is 436 g/mol. The Morgan fingerprint density at radius 2 is 1.85 bits per heavy atom. The minimum atomic E-state index is -0.979. The van der Waals surface area contributed by atoms with Crippen LogP contribution in [0.2, 0.25) is 0 Å². The average molecular weight is 465 g/mol. The lowest BCUT2D eigenvalue weighted by molar-refractivity contribution is -0.187. The smallest absolute Gasteiger partial charge is 0.328 e. The predicted octanol–water partition coefficient (Wildman–Crippen LogP) is 2.87. The van der Waals surface area contributed by atoms with Crippen molar-refractivity contribution in [3.8, 4) is 0 Å². The number of amides is 1. The van der Waals surface area contributed by atoms with E-state index in [0.29, 0.717) is 36.3 Å². The van der Waals surface area contributed by atoms with Gasteiger partial charge in [-0.05, 0) is 37.1 Å². The highest BCUT2D eigenvalue weighted by molar-refractivity contribution is 5.97. The van der Waals surface area contributed by atoms with Crippen molar-refractivity contribution in [3.63, 3.8) is 0 Å². The number of ether oxygens (including phenoxy) is 3. The second kappa shape index (κ2) is 11.1. The molecule has 8 nitrogen and oxygen atoms in total. The van der Waals surface area contributed by atoms with Crippen molar-refractivity contribution in [2.75, 3.05) is 19.8 Å². The molecule has 2 N–H and O–H groups in total. The predicted molar refractivity (Wildman–Crippen MR) is 127 cm³/mol. The van der Waals surface area contributed by atoms with Gasteiger partial charge in [0.25, 0.3) is 5.91 Å². The third-order valence-electron chi connectivity index (χ3n) is 5.66. The Bertz CT molecular complexity index is 1200. The van der Waals surface area contributed by atoms with E-state index in [1.807, 2.05) is 37.3 Å². The standard InChI is InChI=1S/C26H28N2O6/c1-17-7-9-18(10-8-17)25(30)28-22(26(31)34-14-11-24-32-12-4-13-33-24)15-19-16-23(29)27-21-6-3-2-5-20(19)21/h2-3,5-10,16,22,24H,4,11-15H2,1H3,(H,27,29)(H,28,30). The lowest BCUT2D eigenvalue weighted by Gasteiger charge is -2.23. The molecule has 2 aromatic carbocycles. The van der Waals surface area contributed by atoms with Crippen LogP contribution >= 0.6 is 0 Å². The van der Waals surface area contributed by atoms with Crippen LogP contribution in [0, 0.1) is 6.92 Å². The highest BCUT2D eigenvalue weighted by atomic mass is 16.7. The molecule has 1 aromatic heterocycles. The summed E-state index contributed by atoms with van der Waals surface area (Å²) in [7, 11) is 0. The minimum absolute atomic E-state index is 0.0938. The maximum Gasteiger partial charge on any atom is 0.328 e. The van der Waals surface area contributed by atoms with E-state index in [4.69, 9.17) is 14.2 Å². The zero-order valence-corrected chi connectivity index (χ0v) is 19.0. The SMILES string of the molecule is Cc1ccc(C(=O)NC(Cc2cc(=O)[nH]c3ccccc23)C(=O)OCCC2OCCCO2)cc1. The molecule has 2 heterocycles. The van der Waals surface area contributed by atoms with Crippen LogP contribution in [0.3, 0.4) is 0 Å². The third-order valence-corrected chi connectivity index (χ3v) is 5.66. The van der Waals surface area contributed by atoms with Crippen LogP contribution in [0.1, 0.15) is 34.3 Å².